The van der Waals surface area contributed by atoms with Crippen LogP contribution in [0.3, 0.4) is 0 Å². The second-order valence-electron chi connectivity index (χ2n) is 4.78. The smallest absolute Gasteiger partial charge is 0.310 e. The van der Waals surface area contributed by atoms with E-state index in [9.17, 15) is 14.7 Å². The summed E-state index contributed by atoms with van der Waals surface area (Å²) < 4.78 is 4.68. The number of benzene rings is 1. The molecule has 1 atom stereocenters. The Morgan fingerprint density at radius 3 is 2.84 bits per heavy atom. The van der Waals surface area contributed by atoms with E-state index in [1.165, 1.54) is 13.2 Å². The zero-order chi connectivity index (χ0) is 14.0. The second kappa shape index (κ2) is 5.30. The molecule has 1 aliphatic heterocycles. The predicted octanol–water partition coefficient (Wildman–Crippen LogP) is 1.34. The molecule has 0 saturated carbocycles. The molecule has 1 N–H and O–H groups in total. The number of phenols is 1. The normalized spacial score (nSPS) is 18.4. The minimum absolute atomic E-state index is 0.0304. The molecule has 1 saturated heterocycles. The molecule has 2 rings (SSSR count). The van der Waals surface area contributed by atoms with Crippen LogP contribution in [0.1, 0.15) is 22.3 Å². The molecule has 0 aliphatic carbocycles. The molecule has 0 bridgehead atoms. The van der Waals surface area contributed by atoms with E-state index in [0.717, 1.165) is 5.56 Å². The molecule has 1 amide bonds. The largest absolute Gasteiger partial charge is 0.507 e. The Balaban J connectivity index is 2.13. The number of esters is 1. The van der Waals surface area contributed by atoms with Gasteiger partial charge in [-0.05, 0) is 25.5 Å². The van der Waals surface area contributed by atoms with Crippen molar-refractivity contribution in [1.82, 2.24) is 4.90 Å². The molecule has 0 spiro atoms. The Morgan fingerprint density at radius 2 is 2.16 bits per heavy atom. The molecule has 1 unspecified atom stereocenters. The third kappa shape index (κ3) is 2.70. The fourth-order valence-corrected chi connectivity index (χ4v) is 2.30. The number of rotatable bonds is 2. The van der Waals surface area contributed by atoms with Gasteiger partial charge in [0.15, 0.2) is 0 Å². The SMILES string of the molecule is COC(=O)C1CCN(C(=O)c2cc(C)ccc2O)C1. The third-order valence-electron chi connectivity index (χ3n) is 3.39. The highest BCUT2D eigenvalue weighted by atomic mass is 16.5. The Morgan fingerprint density at radius 1 is 1.42 bits per heavy atom. The number of likely N-dealkylation sites (tertiary alicyclic amines) is 1. The number of hydrogen-bond acceptors (Lipinski definition) is 4. The zero-order valence-corrected chi connectivity index (χ0v) is 11.0. The van der Waals surface area contributed by atoms with Crippen LogP contribution in [0.15, 0.2) is 18.2 Å². The number of aromatic hydroxyl groups is 1. The Bertz CT molecular complexity index is 512. The van der Waals surface area contributed by atoms with Crippen molar-refractivity contribution >= 4 is 11.9 Å². The molecule has 0 radical (unpaired) electrons. The van der Waals surface area contributed by atoms with E-state index in [0.29, 0.717) is 19.5 Å². The van der Waals surface area contributed by atoms with Gasteiger partial charge in [0.1, 0.15) is 5.75 Å². The number of aryl methyl sites for hydroxylation is 1. The number of hydrogen-bond donors (Lipinski definition) is 1. The lowest BCUT2D eigenvalue weighted by Gasteiger charge is -2.17. The summed E-state index contributed by atoms with van der Waals surface area (Å²) in [7, 11) is 1.35. The highest BCUT2D eigenvalue weighted by Gasteiger charge is 2.32. The summed E-state index contributed by atoms with van der Waals surface area (Å²) >= 11 is 0. The van der Waals surface area contributed by atoms with Crippen LogP contribution in [0.4, 0.5) is 0 Å². The number of ether oxygens (including phenoxy) is 1. The van der Waals surface area contributed by atoms with Crippen molar-refractivity contribution < 1.29 is 19.4 Å². The molecule has 5 nitrogen and oxygen atoms in total. The number of phenolic OH excluding ortho intramolecular Hbond substituents is 1. The molecule has 19 heavy (non-hydrogen) atoms. The minimum atomic E-state index is -0.288. The summed E-state index contributed by atoms with van der Waals surface area (Å²) in [6.07, 6.45) is 0.602. The Labute approximate surface area is 111 Å². The summed E-state index contributed by atoms with van der Waals surface area (Å²) in [6, 6.07) is 4.91. The lowest BCUT2D eigenvalue weighted by molar-refractivity contribution is -0.144. The first-order chi connectivity index (χ1) is 9.02. The number of amides is 1. The van der Waals surface area contributed by atoms with Gasteiger partial charge in [-0.15, -0.1) is 0 Å². The maximum atomic E-state index is 12.3. The van der Waals surface area contributed by atoms with Crippen LogP contribution in [0.2, 0.25) is 0 Å². The molecule has 5 heteroatoms. The first-order valence-corrected chi connectivity index (χ1v) is 6.19. The van der Waals surface area contributed by atoms with E-state index in [1.807, 2.05) is 6.92 Å². The summed E-state index contributed by atoms with van der Waals surface area (Å²) in [5, 5.41) is 9.75. The summed E-state index contributed by atoms with van der Waals surface area (Å²) in [5.41, 5.74) is 1.19. The van der Waals surface area contributed by atoms with E-state index in [1.54, 1.807) is 17.0 Å². The number of carbonyl (C=O) groups is 2. The molecule has 1 heterocycles. The van der Waals surface area contributed by atoms with Gasteiger partial charge >= 0.3 is 5.97 Å². The maximum Gasteiger partial charge on any atom is 0.310 e. The van der Waals surface area contributed by atoms with Gasteiger partial charge < -0.3 is 14.7 Å². The van der Waals surface area contributed by atoms with Crippen LogP contribution < -0.4 is 0 Å². The van der Waals surface area contributed by atoms with E-state index in [-0.39, 0.29) is 29.1 Å². The molecule has 1 fully saturated rings. The minimum Gasteiger partial charge on any atom is -0.507 e. The van der Waals surface area contributed by atoms with Gasteiger partial charge in [0.25, 0.3) is 5.91 Å². The lowest BCUT2D eigenvalue weighted by Crippen LogP contribution is -2.30. The maximum absolute atomic E-state index is 12.3. The van der Waals surface area contributed by atoms with Crippen molar-refractivity contribution in [2.24, 2.45) is 5.92 Å². The van der Waals surface area contributed by atoms with Gasteiger partial charge in [-0.2, -0.15) is 0 Å². The van der Waals surface area contributed by atoms with Crippen LogP contribution in [-0.2, 0) is 9.53 Å². The molecule has 1 aliphatic rings. The van der Waals surface area contributed by atoms with Crippen molar-refractivity contribution in [3.63, 3.8) is 0 Å². The average Bonchev–Trinajstić information content (AvgIpc) is 2.89. The van der Waals surface area contributed by atoms with Gasteiger partial charge in [0.05, 0.1) is 18.6 Å². The Kier molecular flexibility index (Phi) is 3.74. The second-order valence-corrected chi connectivity index (χ2v) is 4.78. The molecule has 1 aromatic carbocycles. The van der Waals surface area contributed by atoms with Crippen LogP contribution in [0.5, 0.6) is 5.75 Å². The fourth-order valence-electron chi connectivity index (χ4n) is 2.30. The number of carbonyl (C=O) groups excluding carboxylic acids is 2. The van der Waals surface area contributed by atoms with E-state index in [4.69, 9.17) is 0 Å². The first-order valence-electron chi connectivity index (χ1n) is 6.19. The lowest BCUT2D eigenvalue weighted by atomic mass is 10.1. The Hall–Kier alpha value is -2.04. The third-order valence-corrected chi connectivity index (χ3v) is 3.39. The highest BCUT2D eigenvalue weighted by Crippen LogP contribution is 2.24. The average molecular weight is 263 g/mol. The van der Waals surface area contributed by atoms with Gasteiger partial charge in [-0.25, -0.2) is 0 Å². The van der Waals surface area contributed by atoms with Crippen LogP contribution in [0.25, 0.3) is 0 Å². The number of methoxy groups -OCH3 is 1. The van der Waals surface area contributed by atoms with E-state index in [2.05, 4.69) is 4.74 Å². The predicted molar refractivity (Wildman–Crippen MR) is 68.9 cm³/mol. The summed E-state index contributed by atoms with van der Waals surface area (Å²) in [4.78, 5) is 25.3. The zero-order valence-electron chi connectivity index (χ0n) is 11.0. The van der Waals surface area contributed by atoms with Crippen molar-refractivity contribution in [3.05, 3.63) is 29.3 Å². The summed E-state index contributed by atoms with van der Waals surface area (Å²) in [5.74, 6) is -0.825. The van der Waals surface area contributed by atoms with Gasteiger partial charge in [-0.3, -0.25) is 9.59 Å². The molecular formula is C14H17NO4. The standard InChI is InChI=1S/C14H17NO4/c1-9-3-4-12(16)11(7-9)13(17)15-6-5-10(8-15)14(18)19-2/h3-4,7,10,16H,5-6,8H2,1-2H3. The van der Waals surface area contributed by atoms with Crippen molar-refractivity contribution in [1.29, 1.82) is 0 Å². The quantitative estimate of drug-likeness (QED) is 0.818. The topological polar surface area (TPSA) is 66.8 Å². The molecule has 102 valence electrons. The first kappa shape index (κ1) is 13.4. The highest BCUT2D eigenvalue weighted by molar-refractivity contribution is 5.97. The van der Waals surface area contributed by atoms with Crippen molar-refractivity contribution in [2.45, 2.75) is 13.3 Å². The van der Waals surface area contributed by atoms with Crippen LogP contribution in [-0.4, -0.2) is 42.1 Å². The number of nitrogens with zero attached hydrogens (tertiary/aromatic N) is 1. The molecular weight excluding hydrogens is 246 g/mol. The molecule has 0 aromatic heterocycles. The van der Waals surface area contributed by atoms with Crippen LogP contribution >= 0.6 is 0 Å². The summed E-state index contributed by atoms with van der Waals surface area (Å²) in [6.45, 7) is 2.71. The van der Waals surface area contributed by atoms with Crippen molar-refractivity contribution in [2.75, 3.05) is 20.2 Å². The van der Waals surface area contributed by atoms with E-state index < -0.39 is 0 Å². The van der Waals surface area contributed by atoms with Crippen molar-refractivity contribution in [3.8, 4) is 5.75 Å². The monoisotopic (exact) mass is 263 g/mol. The molecule has 1 aromatic rings. The van der Waals surface area contributed by atoms with E-state index >= 15 is 0 Å². The van der Waals surface area contributed by atoms with Gasteiger partial charge in [-0.1, -0.05) is 11.6 Å². The van der Waals surface area contributed by atoms with Crippen LogP contribution in [0, 0.1) is 12.8 Å². The van der Waals surface area contributed by atoms with Gasteiger partial charge in [0.2, 0.25) is 0 Å². The van der Waals surface area contributed by atoms with Gasteiger partial charge in [0, 0.05) is 13.1 Å². The fraction of sp³-hybridized carbons (Fsp3) is 0.429.